The number of rotatable bonds is 28. The van der Waals surface area contributed by atoms with Gasteiger partial charge in [0, 0.05) is 164 Å². The van der Waals surface area contributed by atoms with Gasteiger partial charge in [0.1, 0.15) is 0 Å². The van der Waals surface area contributed by atoms with Crippen molar-refractivity contribution in [1.82, 2.24) is 29.4 Å². The SMILES string of the molecule is COC1CCC(N(C2CCC(CO)CC2)C2CCC(N(C3CCC(N(C4CCC(CO)CC4)C4CCC(OC)CC4)CC3)C3CCC(C4(C5CCC(N(C6CCC(N(C7CCC(CO)CC7)C7CCC(OC)CC7)CC6)C6CCC(N(C7CCC(CO)CC7)C7CCC(OC)CC7)CC6)CC5)CCCCC4)CC3)CC2)CC1. The van der Waals surface area contributed by atoms with Gasteiger partial charge >= 0.3 is 0 Å². The molecule has 15 saturated carbocycles. The third-order valence-corrected chi connectivity index (χ3v) is 37.3. The van der Waals surface area contributed by atoms with Gasteiger partial charge in [0.05, 0.1) is 24.4 Å². The molecule has 644 valence electrons. The van der Waals surface area contributed by atoms with Gasteiger partial charge in [0.15, 0.2) is 0 Å². The maximum absolute atomic E-state index is 10.3. The van der Waals surface area contributed by atoms with E-state index in [1.54, 1.807) is 0 Å². The molecule has 0 spiro atoms. The third kappa shape index (κ3) is 20.7. The smallest absolute Gasteiger partial charge is 0.0572 e. The van der Waals surface area contributed by atoms with Crippen LogP contribution in [0.4, 0.5) is 0 Å². The molecule has 15 aliphatic rings. The molecule has 0 saturated heterocycles. The molecule has 0 heterocycles. The second-order valence-corrected chi connectivity index (χ2v) is 42.4. The van der Waals surface area contributed by atoms with E-state index >= 15 is 0 Å². The van der Waals surface area contributed by atoms with Gasteiger partial charge in [-0.3, -0.25) is 29.4 Å². The molecule has 0 amide bonds. The van der Waals surface area contributed by atoms with E-state index in [2.05, 4.69) is 29.4 Å². The highest BCUT2D eigenvalue weighted by Gasteiger charge is 2.53. The zero-order valence-electron chi connectivity index (χ0n) is 72.7. The molecular weight excluding hydrogens is 1390 g/mol. The lowest BCUT2D eigenvalue weighted by Crippen LogP contribution is -2.59. The van der Waals surface area contributed by atoms with Gasteiger partial charge in [0.25, 0.3) is 0 Å². The minimum absolute atomic E-state index is 0.373. The van der Waals surface area contributed by atoms with Crippen LogP contribution < -0.4 is 0 Å². The molecule has 112 heavy (non-hydrogen) atoms. The van der Waals surface area contributed by atoms with Crippen LogP contribution in [-0.4, -0.2) is 238 Å². The van der Waals surface area contributed by atoms with Crippen LogP contribution in [0.2, 0.25) is 0 Å². The Morgan fingerprint density at radius 2 is 0.321 bits per heavy atom. The van der Waals surface area contributed by atoms with E-state index in [1.807, 2.05) is 28.4 Å². The van der Waals surface area contributed by atoms with E-state index < -0.39 is 0 Å². The lowest BCUT2D eigenvalue weighted by Gasteiger charge is -2.57. The molecule has 14 nitrogen and oxygen atoms in total. The van der Waals surface area contributed by atoms with Gasteiger partial charge in [-0.25, -0.2) is 0 Å². The Hall–Kier alpha value is -0.560. The molecule has 0 aromatic rings. The van der Waals surface area contributed by atoms with E-state index in [0.29, 0.717) is 177 Å². The predicted octanol–water partition coefficient (Wildman–Crippen LogP) is 19.1. The average molecular weight is 1560 g/mol. The zero-order chi connectivity index (χ0) is 76.9. The first-order valence-corrected chi connectivity index (χ1v) is 50.3. The third-order valence-electron chi connectivity index (χ3n) is 37.3. The van der Waals surface area contributed by atoms with E-state index in [4.69, 9.17) is 18.9 Å². The van der Waals surface area contributed by atoms with Gasteiger partial charge < -0.3 is 39.4 Å². The summed E-state index contributed by atoms with van der Waals surface area (Å²) < 4.78 is 24.1. The first-order valence-electron chi connectivity index (χ1n) is 50.3. The van der Waals surface area contributed by atoms with Crippen LogP contribution in [0.3, 0.4) is 0 Å². The van der Waals surface area contributed by atoms with Crippen molar-refractivity contribution in [3.8, 4) is 0 Å². The van der Waals surface area contributed by atoms with Crippen molar-refractivity contribution in [3.63, 3.8) is 0 Å². The highest BCUT2D eigenvalue weighted by Crippen LogP contribution is 2.59. The summed E-state index contributed by atoms with van der Waals surface area (Å²) in [6.45, 7) is 1.49. The number of methoxy groups -OCH3 is 4. The molecular formula is C98H174N6O8. The van der Waals surface area contributed by atoms with Crippen LogP contribution >= 0.6 is 0 Å². The van der Waals surface area contributed by atoms with Crippen molar-refractivity contribution in [2.75, 3.05) is 54.9 Å². The second kappa shape index (κ2) is 42.5. The van der Waals surface area contributed by atoms with Crippen molar-refractivity contribution < 1.29 is 39.4 Å². The number of nitrogens with zero attached hydrogens (tertiary/aromatic N) is 6. The molecule has 14 heteroatoms. The summed E-state index contributed by atoms with van der Waals surface area (Å²) in [5.41, 5.74) is 0.532. The van der Waals surface area contributed by atoms with Gasteiger partial charge in [-0.1, -0.05) is 19.3 Å². The van der Waals surface area contributed by atoms with Crippen molar-refractivity contribution in [2.45, 2.75) is 525 Å². The fourth-order valence-corrected chi connectivity index (χ4v) is 31.1. The Kier molecular flexibility index (Phi) is 32.8. The fraction of sp³-hybridized carbons (Fsp3) is 1.00. The van der Waals surface area contributed by atoms with Crippen LogP contribution in [0.25, 0.3) is 0 Å². The first kappa shape index (κ1) is 86.4. The Labute approximate surface area is 685 Å². The van der Waals surface area contributed by atoms with Crippen LogP contribution in [0.5, 0.6) is 0 Å². The maximum atomic E-state index is 10.3. The Morgan fingerprint density at radius 1 is 0.188 bits per heavy atom. The number of ether oxygens (including phenoxy) is 4. The summed E-state index contributed by atoms with van der Waals surface area (Å²) in [4.78, 5) is 19.5. The van der Waals surface area contributed by atoms with Crippen LogP contribution in [0, 0.1) is 40.9 Å². The quantitative estimate of drug-likeness (QED) is 0.0591. The number of aliphatic hydroxyl groups is 4. The highest BCUT2D eigenvalue weighted by molar-refractivity contribution is 5.07. The molecule has 15 aliphatic carbocycles. The van der Waals surface area contributed by atoms with Crippen molar-refractivity contribution >= 4 is 0 Å². The second-order valence-electron chi connectivity index (χ2n) is 42.4. The fourth-order valence-electron chi connectivity index (χ4n) is 31.1. The molecule has 0 aromatic heterocycles. The van der Waals surface area contributed by atoms with Crippen LogP contribution in [0.1, 0.15) is 392 Å². The van der Waals surface area contributed by atoms with Crippen molar-refractivity contribution in [1.29, 1.82) is 0 Å². The summed E-state index contributed by atoms with van der Waals surface area (Å²) in [5, 5.41) is 41.3. The lowest BCUT2D eigenvalue weighted by atomic mass is 9.53. The standard InChI is InChI=1S/C98H174N6O8/c1-109-94-56-48-90(49-57-94)99(76-20-8-70(66-105)9-21-76)82-32-40-86(41-33-82)103(87-42-34-83(35-43-87)100(77-22-10-71(67-106)11-23-77)91-50-58-95(110-2)59-51-91)80-28-16-74(17-29-80)98(64-6-5-7-65-98)75-18-30-81(31-19-75)104(88-44-36-84(37-45-88)101(78-24-12-72(68-107)13-25-78)92-52-60-96(111-3)61-53-92)89-46-38-85(39-47-89)102(79-26-14-73(69-108)15-27-79)93-54-62-97(112-4)63-55-93/h70-97,105-108H,5-69H2,1-4H3. The maximum Gasteiger partial charge on any atom is 0.0572 e. The van der Waals surface area contributed by atoms with Gasteiger partial charge in [-0.2, -0.15) is 0 Å². The summed E-state index contributed by atoms with van der Waals surface area (Å²) >= 11 is 0. The normalized spacial score (nSPS) is 43.4. The number of hydrogen-bond donors (Lipinski definition) is 4. The van der Waals surface area contributed by atoms with Gasteiger partial charge in [-0.05, 0) is 413 Å². The Morgan fingerprint density at radius 3 is 0.464 bits per heavy atom. The zero-order valence-corrected chi connectivity index (χ0v) is 72.7. The van der Waals surface area contributed by atoms with Crippen molar-refractivity contribution in [3.05, 3.63) is 0 Å². The molecule has 15 fully saturated rings. The van der Waals surface area contributed by atoms with Gasteiger partial charge in [-0.15, -0.1) is 0 Å². The van der Waals surface area contributed by atoms with Gasteiger partial charge in [0.2, 0.25) is 0 Å². The molecule has 0 bridgehead atoms. The molecule has 15 rings (SSSR count). The minimum Gasteiger partial charge on any atom is -0.396 e. The molecule has 0 unspecified atom stereocenters. The average Bonchev–Trinajstić information content (AvgIpc) is 0.758. The highest BCUT2D eigenvalue weighted by atomic mass is 16.5. The van der Waals surface area contributed by atoms with Crippen LogP contribution in [-0.2, 0) is 18.9 Å². The largest absolute Gasteiger partial charge is 0.396 e. The van der Waals surface area contributed by atoms with E-state index in [0.717, 1.165) is 23.9 Å². The number of aliphatic hydroxyl groups excluding tert-OH is 4. The molecule has 4 N–H and O–H groups in total. The Bertz CT molecular complexity index is 2190. The molecule has 0 radical (unpaired) electrons. The molecule has 0 aliphatic heterocycles. The number of hydrogen-bond acceptors (Lipinski definition) is 14. The monoisotopic (exact) mass is 1560 g/mol. The topological polar surface area (TPSA) is 137 Å². The minimum atomic E-state index is 0.373. The summed E-state index contributed by atoms with van der Waals surface area (Å²) in [6, 6.07) is 12.6. The van der Waals surface area contributed by atoms with Crippen LogP contribution in [0.15, 0.2) is 0 Å². The lowest BCUT2D eigenvalue weighted by molar-refractivity contribution is -0.0700. The van der Waals surface area contributed by atoms with Crippen molar-refractivity contribution in [2.24, 2.45) is 40.9 Å². The van der Waals surface area contributed by atoms with E-state index in [9.17, 15) is 20.4 Å². The van der Waals surface area contributed by atoms with E-state index in [-0.39, 0.29) is 0 Å². The summed E-state index contributed by atoms with van der Waals surface area (Å²) in [7, 11) is 7.81. The summed E-state index contributed by atoms with van der Waals surface area (Å²) in [5.74, 6) is 3.80. The predicted molar refractivity (Wildman–Crippen MR) is 456 cm³/mol. The molecule has 0 atom stereocenters. The molecule has 0 aromatic carbocycles. The Balaban J connectivity index is 0.648. The summed E-state index contributed by atoms with van der Waals surface area (Å²) in [6.07, 6.45) is 83.0. The van der Waals surface area contributed by atoms with E-state index in [1.165, 1.54) is 392 Å². The first-order chi connectivity index (χ1) is 55.1.